The van der Waals surface area contributed by atoms with E-state index in [1.54, 1.807) is 44.6 Å². The van der Waals surface area contributed by atoms with Crippen molar-refractivity contribution in [2.75, 3.05) is 32.8 Å². The van der Waals surface area contributed by atoms with Gasteiger partial charge in [-0.3, -0.25) is 9.59 Å². The van der Waals surface area contributed by atoms with E-state index in [4.69, 9.17) is 18.9 Å². The third-order valence-corrected chi connectivity index (χ3v) is 6.18. The van der Waals surface area contributed by atoms with Gasteiger partial charge in [-0.25, -0.2) is 9.97 Å². The van der Waals surface area contributed by atoms with Gasteiger partial charge in [0.25, 0.3) is 0 Å². The number of ketones is 2. The molecule has 1 aromatic heterocycles. The summed E-state index contributed by atoms with van der Waals surface area (Å²) in [5.74, 6) is 2.11. The van der Waals surface area contributed by atoms with E-state index in [0.29, 0.717) is 64.2 Å². The summed E-state index contributed by atoms with van der Waals surface area (Å²) in [5.41, 5.74) is 2.97. The molecule has 1 heterocycles. The van der Waals surface area contributed by atoms with Gasteiger partial charge in [-0.2, -0.15) is 0 Å². The van der Waals surface area contributed by atoms with Crippen LogP contribution in [-0.2, 0) is 14.3 Å². The second kappa shape index (κ2) is 11.8. The van der Waals surface area contributed by atoms with Crippen molar-refractivity contribution >= 4 is 39.5 Å². The van der Waals surface area contributed by atoms with Crippen molar-refractivity contribution in [1.29, 1.82) is 0 Å². The average molecular weight is 538 g/mol. The lowest BCUT2D eigenvalue weighted by atomic mass is 9.94. The molecule has 0 aliphatic heterocycles. The van der Waals surface area contributed by atoms with E-state index in [-0.39, 0.29) is 17.1 Å². The lowest BCUT2D eigenvalue weighted by Gasteiger charge is -2.18. The predicted molar refractivity (Wildman–Crippen MR) is 152 cm³/mol. The number of carbonyl (C=O) groups excluding carboxylic acids is 2. The summed E-state index contributed by atoms with van der Waals surface area (Å²) in [6.45, 7) is 2.76. The summed E-state index contributed by atoms with van der Waals surface area (Å²) >= 11 is 0. The maximum atomic E-state index is 12.9. The van der Waals surface area contributed by atoms with Crippen molar-refractivity contribution in [3.63, 3.8) is 0 Å². The van der Waals surface area contributed by atoms with Crippen LogP contribution in [-0.4, -0.2) is 49.0 Å². The van der Waals surface area contributed by atoms with Crippen LogP contribution in [0.1, 0.15) is 11.1 Å². The van der Waals surface area contributed by atoms with Gasteiger partial charge < -0.3 is 24.3 Å². The van der Waals surface area contributed by atoms with Crippen molar-refractivity contribution in [2.45, 2.75) is 6.92 Å². The topological polar surface area (TPSA) is 109 Å². The summed E-state index contributed by atoms with van der Waals surface area (Å²) in [6, 6.07) is 16.5. The second-order valence-corrected chi connectivity index (χ2v) is 8.99. The van der Waals surface area contributed by atoms with Gasteiger partial charge in [0.05, 0.1) is 19.2 Å². The van der Waals surface area contributed by atoms with Crippen LogP contribution in [0.4, 0.5) is 11.5 Å². The normalized spacial score (nSPS) is 12.8. The first-order chi connectivity index (χ1) is 19.4. The Morgan fingerprint density at radius 1 is 0.875 bits per heavy atom. The molecule has 3 aromatic carbocycles. The van der Waals surface area contributed by atoms with Gasteiger partial charge in [0.15, 0.2) is 23.1 Å². The number of allylic oxidation sites excluding steroid dienone is 4. The molecule has 4 aromatic rings. The number of nitrogens with one attached hydrogen (secondary N) is 1. The molecule has 0 amide bonds. The molecule has 0 radical (unpaired) electrons. The average Bonchev–Trinajstić information content (AvgIpc) is 2.95. The van der Waals surface area contributed by atoms with Crippen LogP contribution in [0.2, 0.25) is 0 Å². The molecule has 0 spiro atoms. The Kier molecular flexibility index (Phi) is 7.84. The highest BCUT2D eigenvalue weighted by Crippen LogP contribution is 2.38. The molecule has 0 bridgehead atoms. The zero-order chi connectivity index (χ0) is 28.1. The lowest BCUT2D eigenvalue weighted by Crippen LogP contribution is -2.09. The van der Waals surface area contributed by atoms with E-state index in [0.717, 1.165) is 5.56 Å². The number of fused-ring (bicyclic) bond motifs is 1. The monoisotopic (exact) mass is 537 g/mol. The van der Waals surface area contributed by atoms with Crippen LogP contribution in [0.3, 0.4) is 0 Å². The molecular weight excluding hydrogens is 510 g/mol. The fourth-order valence-corrected chi connectivity index (χ4v) is 4.25. The number of carbonyl (C=O) groups is 2. The van der Waals surface area contributed by atoms with E-state index in [1.807, 2.05) is 31.2 Å². The fraction of sp³-hybridized carbons (Fsp3) is 0.161. The van der Waals surface area contributed by atoms with Crippen molar-refractivity contribution in [2.24, 2.45) is 0 Å². The highest BCUT2D eigenvalue weighted by atomic mass is 16.5. The van der Waals surface area contributed by atoms with E-state index in [1.165, 1.54) is 24.6 Å². The summed E-state index contributed by atoms with van der Waals surface area (Å²) in [5, 5.41) is 3.99. The molecule has 1 N–H and O–H groups in total. The smallest absolute Gasteiger partial charge is 0.186 e. The number of nitrogens with zero attached hydrogens (tertiary/aromatic N) is 2. The number of rotatable bonds is 10. The number of hydrogen-bond donors (Lipinski definition) is 1. The third kappa shape index (κ3) is 5.84. The Morgan fingerprint density at radius 2 is 1.73 bits per heavy atom. The molecule has 0 unspecified atom stereocenters. The number of benzene rings is 3. The minimum absolute atomic E-state index is 0.245. The highest BCUT2D eigenvalue weighted by molar-refractivity contribution is 6.34. The van der Waals surface area contributed by atoms with Crippen molar-refractivity contribution in [3.05, 3.63) is 90.3 Å². The molecule has 0 saturated heterocycles. The first-order valence-corrected chi connectivity index (χ1v) is 12.5. The van der Waals surface area contributed by atoms with Crippen LogP contribution < -0.4 is 19.5 Å². The van der Waals surface area contributed by atoms with Gasteiger partial charge in [-0.05, 0) is 67.1 Å². The SMILES string of the molecule is COCCOc1cc2ncnc(Nc3ccc(Oc4cccc(C)c4)cc3C3=CC(=O)C=CC3=O)c2cc1OC. The highest BCUT2D eigenvalue weighted by Gasteiger charge is 2.21. The molecule has 1 aliphatic carbocycles. The largest absolute Gasteiger partial charge is 0.493 e. The molecule has 0 saturated carbocycles. The minimum Gasteiger partial charge on any atom is -0.493 e. The fourth-order valence-electron chi connectivity index (χ4n) is 4.25. The maximum absolute atomic E-state index is 12.9. The standard InChI is InChI=1S/C31H27N3O6/c1-19-5-4-6-21(13-19)40-22-8-9-26(23(15-22)24-14-20(35)7-10-28(24)36)34-31-25-16-29(38-3)30(39-12-11-37-2)17-27(25)32-18-33-31/h4-10,13-18H,11-12H2,1-3H3,(H,32,33,34). The Hall–Kier alpha value is -5.02. The Bertz CT molecular complexity index is 1660. The van der Waals surface area contributed by atoms with Crippen molar-refractivity contribution in [1.82, 2.24) is 9.97 Å². The zero-order valence-corrected chi connectivity index (χ0v) is 22.3. The number of ether oxygens (including phenoxy) is 4. The number of anilines is 2. The summed E-state index contributed by atoms with van der Waals surface area (Å²) in [4.78, 5) is 33.9. The molecule has 0 atom stereocenters. The first kappa shape index (κ1) is 26.6. The molecule has 9 heteroatoms. The van der Waals surface area contributed by atoms with Crippen LogP contribution in [0, 0.1) is 6.92 Å². The Labute approximate surface area is 231 Å². The predicted octanol–water partition coefficient (Wildman–Crippen LogP) is 5.60. The van der Waals surface area contributed by atoms with E-state index >= 15 is 0 Å². The van der Waals surface area contributed by atoms with Crippen LogP contribution in [0.25, 0.3) is 16.5 Å². The quantitative estimate of drug-likeness (QED) is 0.204. The van der Waals surface area contributed by atoms with Crippen LogP contribution in [0.5, 0.6) is 23.0 Å². The third-order valence-electron chi connectivity index (χ3n) is 6.18. The molecule has 1 aliphatic rings. The van der Waals surface area contributed by atoms with Gasteiger partial charge in [-0.15, -0.1) is 0 Å². The van der Waals surface area contributed by atoms with E-state index in [9.17, 15) is 9.59 Å². The number of hydrogen-bond acceptors (Lipinski definition) is 9. The van der Waals surface area contributed by atoms with Gasteiger partial charge in [0.1, 0.15) is 30.3 Å². The van der Waals surface area contributed by atoms with Gasteiger partial charge in [0, 0.05) is 35.4 Å². The zero-order valence-electron chi connectivity index (χ0n) is 22.3. The van der Waals surface area contributed by atoms with Crippen LogP contribution in [0.15, 0.2) is 79.2 Å². The van der Waals surface area contributed by atoms with Gasteiger partial charge in [-0.1, -0.05) is 12.1 Å². The first-order valence-electron chi connectivity index (χ1n) is 12.5. The molecule has 202 valence electrons. The lowest BCUT2D eigenvalue weighted by molar-refractivity contribution is -0.113. The minimum atomic E-state index is -0.289. The van der Waals surface area contributed by atoms with Gasteiger partial charge >= 0.3 is 0 Å². The maximum Gasteiger partial charge on any atom is 0.186 e. The number of aryl methyl sites for hydroxylation is 1. The second-order valence-electron chi connectivity index (χ2n) is 8.99. The summed E-state index contributed by atoms with van der Waals surface area (Å²) in [7, 11) is 3.16. The van der Waals surface area contributed by atoms with Crippen LogP contribution >= 0.6 is 0 Å². The Balaban J connectivity index is 1.55. The molecule has 0 fully saturated rings. The number of aromatic nitrogens is 2. The van der Waals surface area contributed by atoms with E-state index < -0.39 is 0 Å². The molecule has 5 rings (SSSR count). The van der Waals surface area contributed by atoms with Crippen molar-refractivity contribution < 1.29 is 28.5 Å². The number of methoxy groups -OCH3 is 2. The molecular formula is C31H27N3O6. The molecule has 40 heavy (non-hydrogen) atoms. The summed E-state index contributed by atoms with van der Waals surface area (Å²) in [6.07, 6.45) is 5.28. The van der Waals surface area contributed by atoms with Gasteiger partial charge in [0.2, 0.25) is 0 Å². The Morgan fingerprint density at radius 3 is 2.52 bits per heavy atom. The summed E-state index contributed by atoms with van der Waals surface area (Å²) < 4.78 is 22.5. The van der Waals surface area contributed by atoms with E-state index in [2.05, 4.69) is 15.3 Å². The van der Waals surface area contributed by atoms with Crippen molar-refractivity contribution in [3.8, 4) is 23.0 Å². The molecule has 9 nitrogen and oxygen atoms in total.